The van der Waals surface area contributed by atoms with E-state index < -0.39 is 10.0 Å². The molecule has 2 saturated carbocycles. The number of hydrogen-bond donors (Lipinski definition) is 1. The number of rotatable bonds is 5. The Balaban J connectivity index is 1.26. The van der Waals surface area contributed by atoms with Gasteiger partial charge in [0.25, 0.3) is 0 Å². The fourth-order valence-electron chi connectivity index (χ4n) is 6.32. The molecule has 2 aromatic rings. The zero-order valence-corrected chi connectivity index (χ0v) is 21.3. The molecule has 34 heavy (non-hydrogen) atoms. The molecule has 1 aromatic heterocycles. The number of carbonyl (C=O) groups is 1. The Bertz CT molecular complexity index is 1140. The predicted octanol–water partition coefficient (Wildman–Crippen LogP) is 4.56. The maximum atomic E-state index is 13.4. The van der Waals surface area contributed by atoms with Crippen molar-refractivity contribution in [2.45, 2.75) is 95.0 Å². The summed E-state index contributed by atoms with van der Waals surface area (Å²) in [4.78, 5) is 17.8. The van der Waals surface area contributed by atoms with Crippen LogP contribution in [0.3, 0.4) is 0 Å². The molecule has 8 heteroatoms. The number of nitrogens with one attached hydrogen (secondary N) is 1. The molecule has 1 aliphatic heterocycles. The largest absolute Gasteiger partial charge is 0.353 e. The van der Waals surface area contributed by atoms with Gasteiger partial charge in [-0.1, -0.05) is 32.6 Å². The lowest BCUT2D eigenvalue weighted by Gasteiger charge is -2.34. The molecule has 0 bridgehead atoms. The molecule has 1 saturated heterocycles. The Morgan fingerprint density at radius 1 is 1.00 bits per heavy atom. The Morgan fingerprint density at radius 2 is 1.68 bits per heavy atom. The predicted molar refractivity (Wildman–Crippen MR) is 133 cm³/mol. The van der Waals surface area contributed by atoms with Crippen molar-refractivity contribution in [2.75, 3.05) is 13.1 Å². The molecule has 3 fully saturated rings. The molecule has 2 heterocycles. The molecule has 5 rings (SSSR count). The van der Waals surface area contributed by atoms with Crippen LogP contribution in [0.5, 0.6) is 0 Å². The first-order valence-electron chi connectivity index (χ1n) is 13.1. The van der Waals surface area contributed by atoms with E-state index in [-0.39, 0.29) is 17.9 Å². The van der Waals surface area contributed by atoms with Gasteiger partial charge in [0.1, 0.15) is 5.82 Å². The topological polar surface area (TPSA) is 84.3 Å². The standard InChI is InChI=1S/C26H38N4O3S/c1-18-7-3-6-10-23(18)28-26(31)20-13-15-29(16-14-20)34(32,33)22-11-12-25-24(17-22)27-19(2)30(25)21-8-4-5-9-21/h11-12,17-18,20-21,23H,3-10,13-16H2,1-2H3,(H,28,31)/t18-,23+/m0/s1. The molecular weight excluding hydrogens is 448 g/mol. The van der Waals surface area contributed by atoms with Crippen LogP contribution in [-0.2, 0) is 14.8 Å². The van der Waals surface area contributed by atoms with E-state index in [9.17, 15) is 13.2 Å². The van der Waals surface area contributed by atoms with Crippen LogP contribution in [0.25, 0.3) is 11.0 Å². The summed E-state index contributed by atoms with van der Waals surface area (Å²) in [6.07, 6.45) is 10.6. The Morgan fingerprint density at radius 3 is 2.38 bits per heavy atom. The van der Waals surface area contributed by atoms with Gasteiger partial charge in [0.2, 0.25) is 15.9 Å². The van der Waals surface area contributed by atoms with Crippen molar-refractivity contribution in [1.82, 2.24) is 19.2 Å². The molecule has 7 nitrogen and oxygen atoms in total. The number of fused-ring (bicyclic) bond motifs is 1. The van der Waals surface area contributed by atoms with E-state index in [0.717, 1.165) is 36.1 Å². The zero-order chi connectivity index (χ0) is 23.9. The number of benzene rings is 1. The number of hydrogen-bond acceptors (Lipinski definition) is 4. The number of nitrogens with zero attached hydrogens (tertiary/aromatic N) is 3. The summed E-state index contributed by atoms with van der Waals surface area (Å²) >= 11 is 0. The van der Waals surface area contributed by atoms with Gasteiger partial charge >= 0.3 is 0 Å². The molecule has 2 atom stereocenters. The highest BCUT2D eigenvalue weighted by Crippen LogP contribution is 2.34. The number of carbonyl (C=O) groups excluding carboxylic acids is 1. The number of aryl methyl sites for hydroxylation is 1. The highest BCUT2D eigenvalue weighted by molar-refractivity contribution is 7.89. The second-order valence-corrected chi connectivity index (χ2v) is 12.6. The van der Waals surface area contributed by atoms with Crippen LogP contribution >= 0.6 is 0 Å². The van der Waals surface area contributed by atoms with Gasteiger partial charge < -0.3 is 9.88 Å². The van der Waals surface area contributed by atoms with Crippen molar-refractivity contribution in [2.24, 2.45) is 11.8 Å². The summed E-state index contributed by atoms with van der Waals surface area (Å²) < 4.78 is 30.6. The average Bonchev–Trinajstić information content (AvgIpc) is 3.46. The third-order valence-corrected chi connectivity index (χ3v) is 10.3. The van der Waals surface area contributed by atoms with Gasteiger partial charge in [0, 0.05) is 31.1 Å². The van der Waals surface area contributed by atoms with Crippen LogP contribution in [-0.4, -0.2) is 47.3 Å². The monoisotopic (exact) mass is 486 g/mol. The Hall–Kier alpha value is -1.93. The second kappa shape index (κ2) is 9.61. The molecule has 0 radical (unpaired) electrons. The third-order valence-electron chi connectivity index (χ3n) is 8.43. The molecule has 3 aliphatic rings. The van der Waals surface area contributed by atoms with E-state index in [0.29, 0.717) is 42.8 Å². The fraction of sp³-hybridized carbons (Fsp3) is 0.692. The molecule has 1 N–H and O–H groups in total. The van der Waals surface area contributed by atoms with Crippen molar-refractivity contribution >= 4 is 27.0 Å². The smallest absolute Gasteiger partial charge is 0.243 e. The minimum atomic E-state index is -3.61. The summed E-state index contributed by atoms with van der Waals surface area (Å²) in [5.41, 5.74) is 1.78. The lowest BCUT2D eigenvalue weighted by Crippen LogP contribution is -2.47. The molecule has 0 unspecified atom stereocenters. The van der Waals surface area contributed by atoms with E-state index in [2.05, 4.69) is 16.8 Å². The van der Waals surface area contributed by atoms with E-state index >= 15 is 0 Å². The molecule has 1 aromatic carbocycles. The lowest BCUT2D eigenvalue weighted by molar-refractivity contribution is -0.127. The summed E-state index contributed by atoms with van der Waals surface area (Å²) in [6, 6.07) is 6.11. The molecule has 0 spiro atoms. The van der Waals surface area contributed by atoms with Crippen LogP contribution in [0.4, 0.5) is 0 Å². The summed E-state index contributed by atoms with van der Waals surface area (Å²) in [6.45, 7) is 4.99. The number of piperidine rings is 1. The third kappa shape index (κ3) is 4.51. The van der Waals surface area contributed by atoms with E-state index in [1.165, 1.54) is 32.1 Å². The van der Waals surface area contributed by atoms with Crippen molar-refractivity contribution < 1.29 is 13.2 Å². The SMILES string of the molecule is Cc1nc2cc(S(=O)(=O)N3CCC(C(=O)N[C@@H]4CCCC[C@@H]4C)CC3)ccc2n1C1CCCC1. The van der Waals surface area contributed by atoms with Crippen LogP contribution in [0.15, 0.2) is 23.1 Å². The number of aromatic nitrogens is 2. The first-order chi connectivity index (χ1) is 16.3. The number of amides is 1. The summed E-state index contributed by atoms with van der Waals surface area (Å²) in [5.74, 6) is 1.47. The molecule has 2 aliphatic carbocycles. The Kier molecular flexibility index (Phi) is 6.73. The molecular formula is C26H38N4O3S. The van der Waals surface area contributed by atoms with Crippen LogP contribution < -0.4 is 5.32 Å². The quantitative estimate of drug-likeness (QED) is 0.672. The van der Waals surface area contributed by atoms with Gasteiger partial charge in [-0.25, -0.2) is 13.4 Å². The van der Waals surface area contributed by atoms with Crippen LogP contribution in [0.1, 0.15) is 83.0 Å². The van der Waals surface area contributed by atoms with Gasteiger partial charge in [-0.2, -0.15) is 4.31 Å². The number of imidazole rings is 1. The molecule has 1 amide bonds. The highest BCUT2D eigenvalue weighted by Gasteiger charge is 2.34. The average molecular weight is 487 g/mol. The summed E-state index contributed by atoms with van der Waals surface area (Å²) in [7, 11) is -3.61. The van der Waals surface area contributed by atoms with E-state index in [4.69, 9.17) is 4.98 Å². The first-order valence-corrected chi connectivity index (χ1v) is 14.6. The van der Waals surface area contributed by atoms with E-state index in [1.807, 2.05) is 13.0 Å². The van der Waals surface area contributed by atoms with Gasteiger partial charge in [0.15, 0.2) is 0 Å². The Labute approximate surface area is 203 Å². The van der Waals surface area contributed by atoms with Gasteiger partial charge in [-0.3, -0.25) is 4.79 Å². The second-order valence-electron chi connectivity index (χ2n) is 10.7. The van der Waals surface area contributed by atoms with E-state index in [1.54, 1.807) is 16.4 Å². The minimum absolute atomic E-state index is 0.102. The first kappa shape index (κ1) is 23.8. The number of sulfonamides is 1. The maximum absolute atomic E-state index is 13.4. The normalized spacial score (nSPS) is 25.7. The van der Waals surface area contributed by atoms with Crippen molar-refractivity contribution in [3.8, 4) is 0 Å². The highest BCUT2D eigenvalue weighted by atomic mass is 32.2. The maximum Gasteiger partial charge on any atom is 0.243 e. The van der Waals surface area contributed by atoms with Crippen molar-refractivity contribution in [3.05, 3.63) is 24.0 Å². The van der Waals surface area contributed by atoms with Crippen molar-refractivity contribution in [3.63, 3.8) is 0 Å². The van der Waals surface area contributed by atoms with Gasteiger partial charge in [-0.05, 0) is 69.6 Å². The lowest BCUT2D eigenvalue weighted by atomic mass is 9.85. The van der Waals surface area contributed by atoms with Gasteiger partial charge in [-0.15, -0.1) is 0 Å². The minimum Gasteiger partial charge on any atom is -0.353 e. The zero-order valence-electron chi connectivity index (χ0n) is 20.5. The van der Waals surface area contributed by atoms with Gasteiger partial charge in [0.05, 0.1) is 15.9 Å². The molecule has 186 valence electrons. The fourth-order valence-corrected chi connectivity index (χ4v) is 7.81. The van der Waals surface area contributed by atoms with Crippen molar-refractivity contribution in [1.29, 1.82) is 0 Å². The van der Waals surface area contributed by atoms with Crippen LogP contribution in [0.2, 0.25) is 0 Å². The summed E-state index contributed by atoms with van der Waals surface area (Å²) in [5, 5.41) is 3.26. The van der Waals surface area contributed by atoms with Crippen LogP contribution in [0, 0.1) is 18.8 Å².